The first-order valence-corrected chi connectivity index (χ1v) is 9.44. The summed E-state index contributed by atoms with van der Waals surface area (Å²) >= 11 is 0. The third-order valence-electron chi connectivity index (χ3n) is 4.86. The van der Waals surface area contributed by atoms with E-state index in [1.54, 1.807) is 4.31 Å². The van der Waals surface area contributed by atoms with Crippen LogP contribution in [0.2, 0.25) is 0 Å². The molecule has 2 fully saturated rings. The van der Waals surface area contributed by atoms with Crippen LogP contribution in [0, 0.1) is 11.8 Å². The van der Waals surface area contributed by atoms with Crippen molar-refractivity contribution in [1.82, 2.24) is 9.03 Å². The van der Waals surface area contributed by atoms with Gasteiger partial charge in [0.05, 0.1) is 0 Å². The summed E-state index contributed by atoms with van der Waals surface area (Å²) in [6.45, 7) is 3.85. The lowest BCUT2D eigenvalue weighted by atomic mass is 9.84. The molecule has 1 heterocycles. The first-order chi connectivity index (χ1) is 9.53. The van der Waals surface area contributed by atoms with Crippen LogP contribution in [-0.2, 0) is 10.2 Å². The lowest BCUT2D eigenvalue weighted by Gasteiger charge is -2.34. The van der Waals surface area contributed by atoms with E-state index in [-0.39, 0.29) is 6.04 Å². The Morgan fingerprint density at radius 1 is 1.15 bits per heavy atom. The fourth-order valence-corrected chi connectivity index (χ4v) is 4.88. The van der Waals surface area contributed by atoms with Gasteiger partial charge in [-0.3, -0.25) is 0 Å². The van der Waals surface area contributed by atoms with E-state index in [9.17, 15) is 8.42 Å². The quantitative estimate of drug-likeness (QED) is 0.807. The smallest absolute Gasteiger partial charge is 0.279 e. The third kappa shape index (κ3) is 4.16. The zero-order chi connectivity index (χ0) is 14.6. The average molecular weight is 303 g/mol. The van der Waals surface area contributed by atoms with Gasteiger partial charge in [0.15, 0.2) is 0 Å². The normalized spacial score (nSPS) is 25.7. The Kier molecular flexibility index (Phi) is 5.84. The molecule has 6 heteroatoms. The lowest BCUT2D eigenvalue weighted by molar-refractivity contribution is 0.266. The Labute approximate surface area is 123 Å². The molecule has 1 atom stereocenters. The van der Waals surface area contributed by atoms with Gasteiger partial charge in [0.1, 0.15) is 0 Å². The van der Waals surface area contributed by atoms with E-state index < -0.39 is 10.2 Å². The average Bonchev–Trinajstić information content (AvgIpc) is 2.46. The van der Waals surface area contributed by atoms with Gasteiger partial charge in [0.25, 0.3) is 10.2 Å². The molecule has 0 aromatic heterocycles. The number of rotatable bonds is 5. The molecule has 0 aromatic rings. The van der Waals surface area contributed by atoms with Crippen molar-refractivity contribution in [1.29, 1.82) is 0 Å². The van der Waals surface area contributed by atoms with Crippen LogP contribution in [0.3, 0.4) is 0 Å². The number of nitrogens with one attached hydrogen (secondary N) is 1. The summed E-state index contributed by atoms with van der Waals surface area (Å²) in [4.78, 5) is 0. The van der Waals surface area contributed by atoms with Crippen LogP contribution in [0.4, 0.5) is 0 Å². The predicted molar refractivity (Wildman–Crippen MR) is 81.4 cm³/mol. The van der Waals surface area contributed by atoms with Gasteiger partial charge in [0, 0.05) is 25.7 Å². The predicted octanol–water partition coefficient (Wildman–Crippen LogP) is 1.46. The molecule has 1 unspecified atom stereocenters. The Morgan fingerprint density at radius 2 is 1.75 bits per heavy atom. The fraction of sp³-hybridized carbons (Fsp3) is 1.00. The second-order valence-corrected chi connectivity index (χ2v) is 8.15. The van der Waals surface area contributed by atoms with Gasteiger partial charge in [-0.25, -0.2) is 0 Å². The summed E-state index contributed by atoms with van der Waals surface area (Å²) in [5, 5.41) is 0. The van der Waals surface area contributed by atoms with Crippen LogP contribution in [0.15, 0.2) is 0 Å². The Morgan fingerprint density at radius 3 is 2.30 bits per heavy atom. The van der Waals surface area contributed by atoms with Crippen molar-refractivity contribution in [3.8, 4) is 0 Å². The maximum Gasteiger partial charge on any atom is 0.279 e. The van der Waals surface area contributed by atoms with E-state index in [2.05, 4.69) is 11.6 Å². The van der Waals surface area contributed by atoms with E-state index in [4.69, 9.17) is 5.73 Å². The monoisotopic (exact) mass is 303 g/mol. The second kappa shape index (κ2) is 7.20. The lowest BCUT2D eigenvalue weighted by Crippen LogP contribution is -2.52. The molecule has 2 rings (SSSR count). The minimum Gasteiger partial charge on any atom is -0.329 e. The molecule has 0 radical (unpaired) electrons. The molecule has 1 saturated carbocycles. The second-order valence-electron chi connectivity index (χ2n) is 6.44. The Hall–Kier alpha value is -0.170. The number of hydrogen-bond acceptors (Lipinski definition) is 3. The topological polar surface area (TPSA) is 75.4 Å². The molecular formula is C14H29N3O2S. The zero-order valence-corrected chi connectivity index (χ0v) is 13.4. The summed E-state index contributed by atoms with van der Waals surface area (Å²) in [6.07, 6.45) is 7.77. The molecule has 5 nitrogen and oxygen atoms in total. The number of piperidine rings is 1. The number of nitrogens with zero attached hydrogens (tertiary/aromatic N) is 1. The Bertz CT molecular complexity index is 385. The van der Waals surface area contributed by atoms with Gasteiger partial charge in [-0.1, -0.05) is 26.2 Å². The van der Waals surface area contributed by atoms with Gasteiger partial charge < -0.3 is 5.73 Å². The van der Waals surface area contributed by atoms with Crippen molar-refractivity contribution >= 4 is 10.2 Å². The van der Waals surface area contributed by atoms with Gasteiger partial charge in [0.2, 0.25) is 0 Å². The maximum absolute atomic E-state index is 12.5. The highest BCUT2D eigenvalue weighted by molar-refractivity contribution is 7.87. The van der Waals surface area contributed by atoms with Crippen molar-refractivity contribution < 1.29 is 8.42 Å². The molecule has 1 aliphatic carbocycles. The standard InChI is InChI=1S/C14H29N3O2S/c1-12-7-9-17(10-8-12)20(18,19)16-14(11-15)13-5-3-2-4-6-13/h12-14,16H,2-11,15H2,1H3. The first-order valence-electron chi connectivity index (χ1n) is 8.00. The highest BCUT2D eigenvalue weighted by Gasteiger charge is 2.31. The van der Waals surface area contributed by atoms with Crippen LogP contribution in [-0.4, -0.2) is 38.4 Å². The van der Waals surface area contributed by atoms with E-state index in [1.165, 1.54) is 19.3 Å². The van der Waals surface area contributed by atoms with Crippen LogP contribution in [0.25, 0.3) is 0 Å². The molecule has 0 bridgehead atoms. The van der Waals surface area contributed by atoms with Crippen LogP contribution < -0.4 is 10.5 Å². The Balaban J connectivity index is 1.94. The van der Waals surface area contributed by atoms with Crippen molar-refractivity contribution in [2.45, 2.75) is 57.9 Å². The highest BCUT2D eigenvalue weighted by atomic mass is 32.2. The summed E-state index contributed by atoms with van der Waals surface area (Å²) in [5.74, 6) is 1.04. The molecule has 3 N–H and O–H groups in total. The van der Waals surface area contributed by atoms with E-state index in [0.29, 0.717) is 31.5 Å². The molecule has 0 amide bonds. The van der Waals surface area contributed by atoms with Gasteiger partial charge in [-0.05, 0) is 37.5 Å². The summed E-state index contributed by atoms with van der Waals surface area (Å²) in [6, 6.07) is -0.0975. The van der Waals surface area contributed by atoms with Crippen molar-refractivity contribution in [2.24, 2.45) is 17.6 Å². The summed E-state index contributed by atoms with van der Waals surface area (Å²) < 4.78 is 29.4. The molecule has 20 heavy (non-hydrogen) atoms. The number of nitrogens with two attached hydrogens (primary N) is 1. The summed E-state index contributed by atoms with van der Waals surface area (Å²) in [5.41, 5.74) is 5.82. The minimum absolute atomic E-state index is 0.0975. The zero-order valence-electron chi connectivity index (χ0n) is 12.6. The third-order valence-corrected chi connectivity index (χ3v) is 6.50. The maximum atomic E-state index is 12.5. The SMILES string of the molecule is CC1CCN(S(=O)(=O)NC(CN)C2CCCCC2)CC1. The van der Waals surface area contributed by atoms with Crippen LogP contribution in [0.1, 0.15) is 51.9 Å². The minimum atomic E-state index is -3.36. The van der Waals surface area contributed by atoms with Gasteiger partial charge in [-0.15, -0.1) is 0 Å². The van der Waals surface area contributed by atoms with Gasteiger partial charge >= 0.3 is 0 Å². The molecule has 2 aliphatic rings. The molecular weight excluding hydrogens is 274 g/mol. The highest BCUT2D eigenvalue weighted by Crippen LogP contribution is 2.27. The van der Waals surface area contributed by atoms with E-state index in [0.717, 1.165) is 25.7 Å². The van der Waals surface area contributed by atoms with Crippen LogP contribution in [0.5, 0.6) is 0 Å². The first kappa shape index (κ1) is 16.2. The molecule has 118 valence electrons. The van der Waals surface area contributed by atoms with Crippen molar-refractivity contribution in [3.05, 3.63) is 0 Å². The van der Waals surface area contributed by atoms with Crippen molar-refractivity contribution in [3.63, 3.8) is 0 Å². The van der Waals surface area contributed by atoms with Gasteiger partial charge in [-0.2, -0.15) is 17.4 Å². The molecule has 1 aliphatic heterocycles. The number of hydrogen-bond donors (Lipinski definition) is 2. The molecule has 0 spiro atoms. The van der Waals surface area contributed by atoms with E-state index in [1.807, 2.05) is 0 Å². The molecule has 0 aromatic carbocycles. The van der Waals surface area contributed by atoms with E-state index >= 15 is 0 Å². The van der Waals surface area contributed by atoms with Crippen molar-refractivity contribution in [2.75, 3.05) is 19.6 Å². The summed E-state index contributed by atoms with van der Waals surface area (Å²) in [7, 11) is -3.36. The largest absolute Gasteiger partial charge is 0.329 e. The van der Waals surface area contributed by atoms with Crippen LogP contribution >= 0.6 is 0 Å². The fourth-order valence-electron chi connectivity index (χ4n) is 3.36. The molecule has 1 saturated heterocycles.